The van der Waals surface area contributed by atoms with E-state index in [1.165, 1.54) is 0 Å². The summed E-state index contributed by atoms with van der Waals surface area (Å²) in [6.45, 7) is 0. The van der Waals surface area contributed by atoms with Gasteiger partial charge in [-0.3, -0.25) is 4.79 Å². The Labute approximate surface area is 190 Å². The maximum atomic E-state index is 13.1. The van der Waals surface area contributed by atoms with Gasteiger partial charge in [0, 0.05) is 34.9 Å². The van der Waals surface area contributed by atoms with Gasteiger partial charge < -0.3 is 24.6 Å². The normalized spacial score (nSPS) is 17.2. The highest BCUT2D eigenvalue weighted by Crippen LogP contribution is 2.46. The summed E-state index contributed by atoms with van der Waals surface area (Å²) in [5, 5.41) is 18.0. The van der Waals surface area contributed by atoms with Crippen LogP contribution in [0.5, 0.6) is 23.0 Å². The Hall–Kier alpha value is -4.01. The second-order valence-corrected chi connectivity index (χ2v) is 7.90. The van der Waals surface area contributed by atoms with E-state index in [9.17, 15) is 9.90 Å². The van der Waals surface area contributed by atoms with Gasteiger partial charge in [-0.15, -0.1) is 5.10 Å². The molecular weight excluding hydrogens is 424 g/mol. The monoisotopic (exact) mass is 448 g/mol. The van der Waals surface area contributed by atoms with Gasteiger partial charge in [0.1, 0.15) is 17.5 Å². The maximum Gasteiger partial charge on any atom is 0.226 e. The van der Waals surface area contributed by atoms with Crippen LogP contribution in [0.1, 0.15) is 30.9 Å². The largest absolute Gasteiger partial charge is 0.508 e. The number of methoxy groups -OCH3 is 3. The van der Waals surface area contributed by atoms with Crippen molar-refractivity contribution in [3.05, 3.63) is 53.2 Å². The zero-order chi connectivity index (χ0) is 23.1. The molecule has 0 fully saturated rings. The number of allylic oxidation sites excluding steroid dienone is 2. The molecule has 2 aliphatic rings. The van der Waals surface area contributed by atoms with Crippen molar-refractivity contribution in [2.75, 3.05) is 26.6 Å². The van der Waals surface area contributed by atoms with Crippen LogP contribution in [-0.4, -0.2) is 47.0 Å². The van der Waals surface area contributed by atoms with Crippen LogP contribution in [0.25, 0.3) is 11.4 Å². The third kappa shape index (κ3) is 3.45. The average molecular weight is 448 g/mol. The Bertz CT molecular complexity index is 1280. The third-order valence-electron chi connectivity index (χ3n) is 6.00. The van der Waals surface area contributed by atoms with E-state index in [-0.39, 0.29) is 11.5 Å². The molecule has 0 spiro atoms. The summed E-state index contributed by atoms with van der Waals surface area (Å²) in [6, 6.07) is 9.76. The van der Waals surface area contributed by atoms with Gasteiger partial charge in [-0.1, -0.05) is 12.1 Å². The van der Waals surface area contributed by atoms with Crippen LogP contribution in [-0.2, 0) is 4.79 Å². The summed E-state index contributed by atoms with van der Waals surface area (Å²) in [6.07, 6.45) is 1.98. The Balaban J connectivity index is 1.73. The van der Waals surface area contributed by atoms with Crippen molar-refractivity contribution in [3.8, 4) is 34.4 Å². The van der Waals surface area contributed by atoms with Gasteiger partial charge in [0.15, 0.2) is 23.1 Å². The molecule has 1 aliphatic heterocycles. The molecule has 170 valence electrons. The van der Waals surface area contributed by atoms with Gasteiger partial charge >= 0.3 is 0 Å². The highest BCUT2D eigenvalue weighted by atomic mass is 16.5. The van der Waals surface area contributed by atoms with E-state index < -0.39 is 6.04 Å². The summed E-state index contributed by atoms with van der Waals surface area (Å²) in [5.74, 6) is 2.73. The number of fused-ring (bicyclic) bond motifs is 1. The fourth-order valence-corrected chi connectivity index (χ4v) is 4.48. The quantitative estimate of drug-likeness (QED) is 0.608. The molecular formula is C24H24N4O5. The molecule has 3 aromatic rings. The fraction of sp³-hybridized carbons (Fsp3) is 0.292. The Morgan fingerprint density at radius 2 is 1.79 bits per heavy atom. The van der Waals surface area contributed by atoms with E-state index in [1.807, 2.05) is 12.1 Å². The number of hydrogen-bond acceptors (Lipinski definition) is 8. The van der Waals surface area contributed by atoms with Crippen molar-refractivity contribution >= 4 is 11.7 Å². The first-order valence-electron chi connectivity index (χ1n) is 10.6. The number of ether oxygens (including phenoxy) is 3. The number of Topliss-reactive ketones (excluding diaryl/α,β-unsaturated/α-hetero) is 1. The summed E-state index contributed by atoms with van der Waals surface area (Å²) >= 11 is 0. The van der Waals surface area contributed by atoms with Gasteiger partial charge in [0.2, 0.25) is 5.95 Å². The number of hydrogen-bond donors (Lipinski definition) is 2. The Morgan fingerprint density at radius 3 is 2.52 bits per heavy atom. The molecule has 0 amide bonds. The van der Waals surface area contributed by atoms with E-state index in [4.69, 9.17) is 19.3 Å². The molecule has 2 heterocycles. The molecule has 2 N–H and O–H groups in total. The van der Waals surface area contributed by atoms with Crippen LogP contribution in [0.15, 0.2) is 47.7 Å². The number of aromatic hydroxyl groups is 1. The number of aromatic nitrogens is 3. The number of carbonyl (C=O) groups excluding carboxylic acids is 1. The molecule has 0 bridgehead atoms. The van der Waals surface area contributed by atoms with Crippen molar-refractivity contribution in [3.63, 3.8) is 0 Å². The van der Waals surface area contributed by atoms with Crippen LogP contribution in [0.4, 0.5) is 5.95 Å². The van der Waals surface area contributed by atoms with E-state index in [0.29, 0.717) is 52.1 Å². The zero-order valence-corrected chi connectivity index (χ0v) is 18.6. The van der Waals surface area contributed by atoms with Crippen molar-refractivity contribution < 1.29 is 24.1 Å². The average Bonchev–Trinajstić information content (AvgIpc) is 3.26. The number of rotatable bonds is 5. The topological polar surface area (TPSA) is 108 Å². The minimum atomic E-state index is -0.558. The molecule has 2 aromatic carbocycles. The lowest BCUT2D eigenvalue weighted by Gasteiger charge is -2.33. The molecule has 33 heavy (non-hydrogen) atoms. The van der Waals surface area contributed by atoms with Gasteiger partial charge in [-0.05, 0) is 31.0 Å². The van der Waals surface area contributed by atoms with Crippen molar-refractivity contribution in [2.45, 2.75) is 25.3 Å². The van der Waals surface area contributed by atoms with E-state index >= 15 is 0 Å². The number of phenolic OH excluding ortho intramolecular Hbond substituents is 1. The molecule has 9 heteroatoms. The highest BCUT2D eigenvalue weighted by molar-refractivity contribution is 5.99. The first-order valence-corrected chi connectivity index (χ1v) is 10.6. The third-order valence-corrected chi connectivity index (χ3v) is 6.00. The van der Waals surface area contributed by atoms with E-state index in [2.05, 4.69) is 10.3 Å². The molecule has 5 rings (SSSR count). The second-order valence-electron chi connectivity index (χ2n) is 7.90. The summed E-state index contributed by atoms with van der Waals surface area (Å²) in [7, 11) is 4.70. The number of phenols is 1. The Morgan fingerprint density at radius 1 is 1.03 bits per heavy atom. The molecule has 1 aromatic heterocycles. The SMILES string of the molecule is COc1cc(OC)c(C2C3=C(CCCC3=O)Nc3nc(-c4cccc(O)c4)nn32)cc1OC. The smallest absolute Gasteiger partial charge is 0.226 e. The molecule has 9 nitrogen and oxygen atoms in total. The minimum Gasteiger partial charge on any atom is -0.508 e. The van der Waals surface area contributed by atoms with Crippen LogP contribution >= 0.6 is 0 Å². The van der Waals surface area contributed by atoms with Gasteiger partial charge in [-0.2, -0.15) is 4.98 Å². The number of benzene rings is 2. The fourth-order valence-electron chi connectivity index (χ4n) is 4.48. The number of carbonyl (C=O) groups is 1. The van der Waals surface area contributed by atoms with E-state index in [0.717, 1.165) is 18.5 Å². The van der Waals surface area contributed by atoms with Crippen LogP contribution in [0.3, 0.4) is 0 Å². The summed E-state index contributed by atoms with van der Waals surface area (Å²) in [5.41, 5.74) is 2.87. The minimum absolute atomic E-state index is 0.0608. The molecule has 0 saturated heterocycles. The maximum absolute atomic E-state index is 13.1. The predicted molar refractivity (Wildman–Crippen MR) is 121 cm³/mol. The molecule has 1 unspecified atom stereocenters. The predicted octanol–water partition coefficient (Wildman–Crippen LogP) is 3.70. The number of nitrogens with zero attached hydrogens (tertiary/aromatic N) is 3. The van der Waals surface area contributed by atoms with Gasteiger partial charge in [-0.25, -0.2) is 4.68 Å². The van der Waals surface area contributed by atoms with Crippen molar-refractivity contribution in [2.24, 2.45) is 0 Å². The number of ketones is 1. The first kappa shape index (κ1) is 20.9. The first-order chi connectivity index (χ1) is 16.0. The lowest BCUT2D eigenvalue weighted by Crippen LogP contribution is -2.31. The molecule has 0 saturated carbocycles. The molecule has 1 atom stereocenters. The standard InChI is InChI=1S/C24H24N4O5/c1-31-18-12-20(33-3)19(32-2)11-15(18)22-21-16(8-5-9-17(21)30)25-24-26-23(27-28(22)24)13-6-4-7-14(29)10-13/h4,6-7,10-12,22,29H,5,8-9H2,1-3H3,(H,25,26,27). The van der Waals surface area contributed by atoms with Gasteiger partial charge in [0.05, 0.1) is 21.3 Å². The van der Waals surface area contributed by atoms with Crippen LogP contribution < -0.4 is 19.5 Å². The van der Waals surface area contributed by atoms with Crippen LogP contribution in [0, 0.1) is 0 Å². The zero-order valence-electron chi connectivity index (χ0n) is 18.6. The van der Waals surface area contributed by atoms with Gasteiger partial charge in [0.25, 0.3) is 0 Å². The lowest BCUT2D eigenvalue weighted by molar-refractivity contribution is -0.116. The molecule has 0 radical (unpaired) electrons. The molecule has 1 aliphatic carbocycles. The van der Waals surface area contributed by atoms with Crippen molar-refractivity contribution in [1.29, 1.82) is 0 Å². The lowest BCUT2D eigenvalue weighted by atomic mass is 9.85. The summed E-state index contributed by atoms with van der Waals surface area (Å²) in [4.78, 5) is 17.8. The second kappa shape index (κ2) is 8.16. The van der Waals surface area contributed by atoms with Crippen molar-refractivity contribution in [1.82, 2.24) is 14.8 Å². The number of nitrogens with one attached hydrogen (secondary N) is 1. The summed E-state index contributed by atoms with van der Waals surface area (Å²) < 4.78 is 18.4. The highest BCUT2D eigenvalue weighted by Gasteiger charge is 2.39. The van der Waals surface area contributed by atoms with Crippen LogP contribution in [0.2, 0.25) is 0 Å². The number of anilines is 1. The van der Waals surface area contributed by atoms with E-state index in [1.54, 1.807) is 50.3 Å². The Kier molecular flexibility index (Phi) is 5.16.